The molecule has 6 nitrogen and oxygen atoms in total. The Morgan fingerprint density at radius 3 is 2.40 bits per heavy atom. The highest BCUT2D eigenvalue weighted by Gasteiger charge is 2.32. The predicted molar refractivity (Wildman–Crippen MR) is 63.7 cm³/mol. The molecule has 1 rings (SSSR count). The summed E-state index contributed by atoms with van der Waals surface area (Å²) in [5, 5.41) is 2.26. The molecule has 1 aromatic rings. The second-order valence-electron chi connectivity index (χ2n) is 3.90. The molecule has 0 spiro atoms. The average molecular weight is 291 g/mol. The first-order chi connectivity index (χ1) is 9.10. The molecule has 0 bridgehead atoms. The molecule has 0 fully saturated rings. The molecule has 9 heteroatoms. The second kappa shape index (κ2) is 5.68. The fourth-order valence-electron chi connectivity index (χ4n) is 1.26. The van der Waals surface area contributed by atoms with E-state index in [1.807, 2.05) is 0 Å². The van der Waals surface area contributed by atoms with Crippen LogP contribution < -0.4 is 21.5 Å². The van der Waals surface area contributed by atoms with E-state index in [2.05, 4.69) is 10.1 Å². The minimum Gasteiger partial charge on any atom is -0.404 e. The summed E-state index contributed by atoms with van der Waals surface area (Å²) >= 11 is 0. The molecule has 0 aliphatic carbocycles. The number of ether oxygens (including phenoxy) is 1. The molecule has 1 aromatic carbocycles. The number of nitrogens with one attached hydrogen (secondary N) is 1. The van der Waals surface area contributed by atoms with Gasteiger partial charge in [0.1, 0.15) is 6.04 Å². The van der Waals surface area contributed by atoms with Crippen molar-refractivity contribution in [1.82, 2.24) is 5.32 Å². The van der Waals surface area contributed by atoms with E-state index in [9.17, 15) is 22.8 Å². The maximum absolute atomic E-state index is 12.0. The fourth-order valence-corrected chi connectivity index (χ4v) is 1.26. The number of hydrogen-bond acceptors (Lipinski definition) is 4. The summed E-state index contributed by atoms with van der Waals surface area (Å²) in [7, 11) is 0. The number of benzene rings is 1. The average Bonchev–Trinajstić information content (AvgIpc) is 2.29. The van der Waals surface area contributed by atoms with Gasteiger partial charge in [-0.25, -0.2) is 0 Å². The fraction of sp³-hybridized carbons (Fsp3) is 0.273. The van der Waals surface area contributed by atoms with Crippen molar-refractivity contribution in [3.63, 3.8) is 0 Å². The zero-order valence-corrected chi connectivity index (χ0v) is 10.3. The van der Waals surface area contributed by atoms with Gasteiger partial charge >= 0.3 is 6.36 Å². The molecule has 0 aromatic heterocycles. The SMILES string of the molecule is CC(NC(=O)c1ccc(OC(F)(F)F)c(N)c1)C(N)=O. The highest BCUT2D eigenvalue weighted by molar-refractivity contribution is 5.98. The molecule has 5 N–H and O–H groups in total. The third-order valence-electron chi connectivity index (χ3n) is 2.27. The van der Waals surface area contributed by atoms with E-state index >= 15 is 0 Å². The van der Waals surface area contributed by atoms with Crippen molar-refractivity contribution in [2.75, 3.05) is 5.73 Å². The molecule has 0 radical (unpaired) electrons. The summed E-state index contributed by atoms with van der Waals surface area (Å²) in [4.78, 5) is 22.5. The Hall–Kier alpha value is -2.45. The highest BCUT2D eigenvalue weighted by atomic mass is 19.4. The van der Waals surface area contributed by atoms with Crippen LogP contribution >= 0.6 is 0 Å². The molecule has 1 unspecified atom stereocenters. The summed E-state index contributed by atoms with van der Waals surface area (Å²) in [5.41, 5.74) is 9.94. The summed E-state index contributed by atoms with van der Waals surface area (Å²) in [6, 6.07) is 2.08. The van der Waals surface area contributed by atoms with Crippen LogP contribution in [0.5, 0.6) is 5.75 Å². The van der Waals surface area contributed by atoms with Gasteiger partial charge in [-0.2, -0.15) is 0 Å². The van der Waals surface area contributed by atoms with Crippen LogP contribution in [0.25, 0.3) is 0 Å². The number of nitrogen functional groups attached to an aromatic ring is 1. The van der Waals surface area contributed by atoms with Crippen molar-refractivity contribution in [1.29, 1.82) is 0 Å². The van der Waals surface area contributed by atoms with E-state index in [-0.39, 0.29) is 11.3 Å². The van der Waals surface area contributed by atoms with E-state index < -0.39 is 30.0 Å². The van der Waals surface area contributed by atoms with Gasteiger partial charge in [-0.1, -0.05) is 0 Å². The number of rotatable bonds is 4. The summed E-state index contributed by atoms with van der Waals surface area (Å²) in [5.74, 6) is -2.05. The Morgan fingerprint density at radius 2 is 1.95 bits per heavy atom. The number of primary amides is 1. The third kappa shape index (κ3) is 4.34. The van der Waals surface area contributed by atoms with E-state index in [0.717, 1.165) is 18.2 Å². The van der Waals surface area contributed by atoms with Crippen molar-refractivity contribution in [3.05, 3.63) is 23.8 Å². The van der Waals surface area contributed by atoms with Gasteiger partial charge in [0.2, 0.25) is 5.91 Å². The van der Waals surface area contributed by atoms with Crippen LogP contribution in [0.4, 0.5) is 18.9 Å². The van der Waals surface area contributed by atoms with Gasteiger partial charge in [-0.15, -0.1) is 13.2 Å². The topological polar surface area (TPSA) is 107 Å². The molecule has 0 saturated heterocycles. The molecule has 20 heavy (non-hydrogen) atoms. The molecule has 0 aliphatic rings. The summed E-state index contributed by atoms with van der Waals surface area (Å²) < 4.78 is 39.8. The molecular weight excluding hydrogens is 279 g/mol. The maximum atomic E-state index is 12.0. The van der Waals surface area contributed by atoms with Crippen LogP contribution in [0.2, 0.25) is 0 Å². The van der Waals surface area contributed by atoms with Gasteiger partial charge < -0.3 is 21.5 Å². The molecule has 1 atom stereocenters. The lowest BCUT2D eigenvalue weighted by atomic mass is 10.1. The zero-order valence-electron chi connectivity index (χ0n) is 10.3. The standard InChI is InChI=1S/C11H12F3N3O3/c1-5(9(16)18)17-10(19)6-2-3-8(7(15)4-6)20-11(12,13)14/h2-5H,15H2,1H3,(H2,16,18)(H,17,19). The number of carbonyl (C=O) groups is 2. The molecular formula is C11H12F3N3O3. The van der Waals surface area contributed by atoms with Crippen LogP contribution in [0.15, 0.2) is 18.2 Å². The number of hydrogen-bond donors (Lipinski definition) is 3. The Bertz CT molecular complexity index is 531. The largest absolute Gasteiger partial charge is 0.573 e. The Labute approximate surface area is 111 Å². The Kier molecular flexibility index (Phi) is 4.43. The minimum atomic E-state index is -4.88. The highest BCUT2D eigenvalue weighted by Crippen LogP contribution is 2.28. The van der Waals surface area contributed by atoms with Crippen LogP contribution in [0.1, 0.15) is 17.3 Å². The quantitative estimate of drug-likeness (QED) is 0.712. The first kappa shape index (κ1) is 15.6. The van der Waals surface area contributed by atoms with E-state index in [0.29, 0.717) is 0 Å². The molecule has 0 saturated carbocycles. The van der Waals surface area contributed by atoms with Crippen molar-refractivity contribution in [2.24, 2.45) is 5.73 Å². The molecule has 2 amide bonds. The molecule has 0 heterocycles. The van der Waals surface area contributed by atoms with Crippen LogP contribution in [-0.4, -0.2) is 24.2 Å². The number of nitrogens with two attached hydrogens (primary N) is 2. The van der Waals surface area contributed by atoms with Crippen molar-refractivity contribution >= 4 is 17.5 Å². The smallest absolute Gasteiger partial charge is 0.404 e. The summed E-state index contributed by atoms with van der Waals surface area (Å²) in [6.07, 6.45) is -4.88. The maximum Gasteiger partial charge on any atom is 0.573 e. The van der Waals surface area contributed by atoms with Gasteiger partial charge in [0.25, 0.3) is 5.91 Å². The molecule has 110 valence electrons. The number of amides is 2. The van der Waals surface area contributed by atoms with Crippen LogP contribution in [0.3, 0.4) is 0 Å². The third-order valence-corrected chi connectivity index (χ3v) is 2.27. The van der Waals surface area contributed by atoms with Crippen molar-refractivity contribution < 1.29 is 27.5 Å². The number of anilines is 1. The Balaban J connectivity index is 2.87. The number of alkyl halides is 3. The predicted octanol–water partition coefficient (Wildman–Crippen LogP) is 0.771. The normalized spacial score (nSPS) is 12.6. The minimum absolute atomic E-state index is 0.0230. The first-order valence-corrected chi connectivity index (χ1v) is 5.35. The lowest BCUT2D eigenvalue weighted by Crippen LogP contribution is -2.42. The lowest BCUT2D eigenvalue weighted by molar-refractivity contribution is -0.274. The lowest BCUT2D eigenvalue weighted by Gasteiger charge is -2.13. The van der Waals surface area contributed by atoms with Gasteiger partial charge in [0, 0.05) is 5.56 Å². The van der Waals surface area contributed by atoms with E-state index in [4.69, 9.17) is 11.5 Å². The second-order valence-corrected chi connectivity index (χ2v) is 3.90. The van der Waals surface area contributed by atoms with Crippen LogP contribution in [0, 0.1) is 0 Å². The van der Waals surface area contributed by atoms with Crippen LogP contribution in [-0.2, 0) is 4.79 Å². The first-order valence-electron chi connectivity index (χ1n) is 5.35. The van der Waals surface area contributed by atoms with Gasteiger partial charge in [0.15, 0.2) is 5.75 Å². The molecule has 0 aliphatic heterocycles. The number of halogens is 3. The van der Waals surface area contributed by atoms with Crippen molar-refractivity contribution in [3.8, 4) is 5.75 Å². The Morgan fingerprint density at radius 1 is 1.35 bits per heavy atom. The monoisotopic (exact) mass is 291 g/mol. The van der Waals surface area contributed by atoms with Gasteiger partial charge in [0.05, 0.1) is 5.69 Å². The summed E-state index contributed by atoms with van der Waals surface area (Å²) in [6.45, 7) is 1.37. The van der Waals surface area contributed by atoms with Gasteiger partial charge in [-0.05, 0) is 25.1 Å². The van der Waals surface area contributed by atoms with Gasteiger partial charge in [-0.3, -0.25) is 9.59 Å². The van der Waals surface area contributed by atoms with E-state index in [1.54, 1.807) is 0 Å². The van der Waals surface area contributed by atoms with E-state index in [1.165, 1.54) is 6.92 Å². The van der Waals surface area contributed by atoms with Crippen molar-refractivity contribution in [2.45, 2.75) is 19.3 Å². The number of carbonyl (C=O) groups excluding carboxylic acids is 2. The zero-order chi connectivity index (χ0) is 15.5.